The predicted octanol–water partition coefficient (Wildman–Crippen LogP) is 5.79. The average Bonchev–Trinajstić information content (AvgIpc) is 2.72. The molecule has 0 aliphatic carbocycles. The third kappa shape index (κ3) is 5.23. The van der Waals surface area contributed by atoms with Gasteiger partial charge in [-0.3, -0.25) is 14.9 Å². The second kappa shape index (κ2) is 8.78. The number of hydrogen-bond donors (Lipinski definition) is 0. The second-order valence-electron chi connectivity index (χ2n) is 7.87. The monoisotopic (exact) mass is 405 g/mol. The van der Waals surface area contributed by atoms with Gasteiger partial charge in [-0.05, 0) is 56.2 Å². The predicted molar refractivity (Wildman–Crippen MR) is 114 cm³/mol. The smallest absolute Gasteiger partial charge is 0.316 e. The molecular weight excluding hydrogens is 382 g/mol. The van der Waals surface area contributed by atoms with Gasteiger partial charge in [-0.25, -0.2) is 0 Å². The Morgan fingerprint density at radius 1 is 0.933 bits per heavy atom. The molecule has 6 heteroatoms. The molecular formula is C24H23NO5. The van der Waals surface area contributed by atoms with E-state index < -0.39 is 16.3 Å². The van der Waals surface area contributed by atoms with Gasteiger partial charge in [0.2, 0.25) is 0 Å². The number of esters is 1. The van der Waals surface area contributed by atoms with E-state index in [9.17, 15) is 14.9 Å². The molecule has 0 radical (unpaired) electrons. The Kier molecular flexibility index (Phi) is 6.16. The Balaban J connectivity index is 1.79. The van der Waals surface area contributed by atoms with Crippen LogP contribution in [-0.4, -0.2) is 10.9 Å². The molecule has 3 aromatic rings. The highest BCUT2D eigenvalue weighted by molar-refractivity contribution is 5.80. The summed E-state index contributed by atoms with van der Waals surface area (Å²) < 4.78 is 11.1. The quantitative estimate of drug-likeness (QED) is 0.224. The summed E-state index contributed by atoms with van der Waals surface area (Å²) in [7, 11) is 0. The number of nitro groups is 1. The van der Waals surface area contributed by atoms with Crippen LogP contribution in [0.1, 0.15) is 26.3 Å². The maximum Gasteiger partial charge on any atom is 0.316 e. The van der Waals surface area contributed by atoms with Crippen molar-refractivity contribution >= 4 is 11.7 Å². The van der Waals surface area contributed by atoms with Gasteiger partial charge in [0.25, 0.3) is 5.69 Å². The fraction of sp³-hybridized carbons (Fsp3) is 0.208. The van der Waals surface area contributed by atoms with E-state index in [1.165, 1.54) is 6.07 Å². The summed E-state index contributed by atoms with van der Waals surface area (Å²) in [5, 5.41) is 11.6. The van der Waals surface area contributed by atoms with Crippen LogP contribution >= 0.6 is 0 Å². The van der Waals surface area contributed by atoms with E-state index in [1.54, 1.807) is 57.2 Å². The van der Waals surface area contributed by atoms with Crippen LogP contribution in [0.15, 0.2) is 72.8 Å². The van der Waals surface area contributed by atoms with Gasteiger partial charge >= 0.3 is 5.97 Å². The summed E-state index contributed by atoms with van der Waals surface area (Å²) in [6.07, 6.45) is 0. The van der Waals surface area contributed by atoms with Crippen LogP contribution in [0.25, 0.3) is 11.1 Å². The van der Waals surface area contributed by atoms with Gasteiger partial charge in [0.15, 0.2) is 0 Å². The van der Waals surface area contributed by atoms with Crippen molar-refractivity contribution in [3.8, 4) is 22.6 Å². The normalized spacial score (nSPS) is 11.0. The number of nitro benzene ring substituents is 1. The maximum atomic E-state index is 12.1. The van der Waals surface area contributed by atoms with Crippen molar-refractivity contribution in [2.75, 3.05) is 0 Å². The molecule has 154 valence electrons. The van der Waals surface area contributed by atoms with Crippen molar-refractivity contribution in [2.24, 2.45) is 5.41 Å². The number of carbonyl (C=O) groups is 1. The van der Waals surface area contributed by atoms with Crippen molar-refractivity contribution in [2.45, 2.75) is 27.4 Å². The van der Waals surface area contributed by atoms with Crippen molar-refractivity contribution in [1.82, 2.24) is 0 Å². The third-order valence-corrected chi connectivity index (χ3v) is 4.40. The third-order valence-electron chi connectivity index (χ3n) is 4.40. The van der Waals surface area contributed by atoms with Crippen molar-refractivity contribution in [3.63, 3.8) is 0 Å². The Morgan fingerprint density at radius 2 is 1.57 bits per heavy atom. The minimum Gasteiger partial charge on any atom is -0.489 e. The largest absolute Gasteiger partial charge is 0.489 e. The zero-order valence-electron chi connectivity index (χ0n) is 17.1. The molecule has 6 nitrogen and oxygen atoms in total. The molecule has 0 unspecified atom stereocenters. The van der Waals surface area contributed by atoms with Gasteiger partial charge in [-0.1, -0.05) is 42.5 Å². The van der Waals surface area contributed by atoms with Crippen LogP contribution in [0.3, 0.4) is 0 Å². The van der Waals surface area contributed by atoms with E-state index >= 15 is 0 Å². The molecule has 0 N–H and O–H groups in total. The summed E-state index contributed by atoms with van der Waals surface area (Å²) in [5.41, 5.74) is 1.32. The first-order valence-electron chi connectivity index (χ1n) is 9.52. The van der Waals surface area contributed by atoms with Crippen molar-refractivity contribution in [1.29, 1.82) is 0 Å². The highest BCUT2D eigenvalue weighted by Crippen LogP contribution is 2.34. The van der Waals surface area contributed by atoms with Crippen LogP contribution in [0.2, 0.25) is 0 Å². The van der Waals surface area contributed by atoms with Crippen LogP contribution in [0.5, 0.6) is 11.5 Å². The Bertz CT molecular complexity index is 1040. The Hall–Kier alpha value is -3.67. The molecule has 0 fully saturated rings. The van der Waals surface area contributed by atoms with Crippen LogP contribution in [0.4, 0.5) is 5.69 Å². The summed E-state index contributed by atoms with van der Waals surface area (Å²) >= 11 is 0. The molecule has 0 amide bonds. The summed E-state index contributed by atoms with van der Waals surface area (Å²) in [6, 6.07) is 21.3. The first-order valence-corrected chi connectivity index (χ1v) is 9.52. The maximum absolute atomic E-state index is 12.1. The molecule has 3 rings (SSSR count). The summed E-state index contributed by atoms with van der Waals surface area (Å²) in [4.78, 5) is 23.2. The van der Waals surface area contributed by atoms with E-state index in [1.807, 2.05) is 30.3 Å². The van der Waals surface area contributed by atoms with Crippen molar-refractivity contribution in [3.05, 3.63) is 88.5 Å². The summed E-state index contributed by atoms with van der Waals surface area (Å²) in [5.74, 6) is 0.360. The van der Waals surface area contributed by atoms with E-state index in [-0.39, 0.29) is 11.4 Å². The standard InChI is InChI=1S/C24H23NO5/c1-24(2,3)23(26)30-20-13-14-21(22(15-20)25(27)28)18-9-11-19(12-10-18)29-16-17-7-5-4-6-8-17/h4-15H,16H2,1-3H3. The molecule has 0 saturated carbocycles. The molecule has 0 aliphatic heterocycles. The number of ether oxygens (including phenoxy) is 2. The lowest BCUT2D eigenvalue weighted by Crippen LogP contribution is -2.25. The average molecular weight is 405 g/mol. The van der Waals surface area contributed by atoms with Crippen LogP contribution in [0, 0.1) is 15.5 Å². The second-order valence-corrected chi connectivity index (χ2v) is 7.87. The molecule has 3 aromatic carbocycles. The SMILES string of the molecule is CC(C)(C)C(=O)Oc1ccc(-c2ccc(OCc3ccccc3)cc2)c([N+](=O)[O-])c1. The number of nitrogens with zero attached hydrogens (tertiary/aromatic N) is 1. The lowest BCUT2D eigenvalue weighted by atomic mass is 9.97. The zero-order valence-corrected chi connectivity index (χ0v) is 17.1. The molecule has 0 heterocycles. The lowest BCUT2D eigenvalue weighted by molar-refractivity contribution is -0.384. The first-order chi connectivity index (χ1) is 14.2. The number of rotatable bonds is 6. The van der Waals surface area contributed by atoms with Gasteiger partial charge in [0.05, 0.1) is 22.0 Å². The van der Waals surface area contributed by atoms with Gasteiger partial charge in [-0.15, -0.1) is 0 Å². The molecule has 0 atom stereocenters. The zero-order chi connectivity index (χ0) is 21.7. The molecule has 30 heavy (non-hydrogen) atoms. The fourth-order valence-corrected chi connectivity index (χ4v) is 2.70. The van der Waals surface area contributed by atoms with E-state index in [0.717, 1.165) is 5.56 Å². The van der Waals surface area contributed by atoms with Crippen LogP contribution in [-0.2, 0) is 11.4 Å². The summed E-state index contributed by atoms with van der Waals surface area (Å²) in [6.45, 7) is 5.60. The molecule has 0 spiro atoms. The highest BCUT2D eigenvalue weighted by atomic mass is 16.6. The number of hydrogen-bond acceptors (Lipinski definition) is 5. The van der Waals surface area contributed by atoms with Gasteiger partial charge in [0, 0.05) is 0 Å². The van der Waals surface area contributed by atoms with Crippen LogP contribution < -0.4 is 9.47 Å². The van der Waals surface area contributed by atoms with Gasteiger partial charge in [0.1, 0.15) is 18.1 Å². The van der Waals surface area contributed by atoms with E-state index in [2.05, 4.69) is 0 Å². The molecule has 0 bridgehead atoms. The van der Waals surface area contributed by atoms with Gasteiger partial charge < -0.3 is 9.47 Å². The topological polar surface area (TPSA) is 78.7 Å². The number of carbonyl (C=O) groups excluding carboxylic acids is 1. The first kappa shape index (κ1) is 21.0. The van der Waals surface area contributed by atoms with E-state index in [4.69, 9.17) is 9.47 Å². The molecule has 0 saturated heterocycles. The lowest BCUT2D eigenvalue weighted by Gasteiger charge is -2.16. The fourth-order valence-electron chi connectivity index (χ4n) is 2.70. The minimum atomic E-state index is -0.705. The Labute approximate surface area is 175 Å². The minimum absolute atomic E-state index is 0.132. The van der Waals surface area contributed by atoms with Crippen molar-refractivity contribution < 1.29 is 19.2 Å². The van der Waals surface area contributed by atoms with Gasteiger partial charge in [-0.2, -0.15) is 0 Å². The number of benzene rings is 3. The molecule has 0 aliphatic rings. The molecule has 0 aromatic heterocycles. The highest BCUT2D eigenvalue weighted by Gasteiger charge is 2.25. The van der Waals surface area contributed by atoms with E-state index in [0.29, 0.717) is 23.5 Å². The Morgan fingerprint density at radius 3 is 2.17 bits per heavy atom.